The third-order valence-electron chi connectivity index (χ3n) is 2.44. The van der Waals surface area contributed by atoms with Crippen LogP contribution in [0.1, 0.15) is 11.1 Å². The molecule has 0 unspecified atom stereocenters. The van der Waals surface area contributed by atoms with Gasteiger partial charge >= 0.3 is 0 Å². The molecule has 0 saturated carbocycles. The van der Waals surface area contributed by atoms with Crippen LogP contribution in [0.2, 0.25) is 0 Å². The van der Waals surface area contributed by atoms with Gasteiger partial charge in [0.15, 0.2) is 24.8 Å². The number of hydrogen-bond donors (Lipinski definition) is 0. The Morgan fingerprint density at radius 2 is 1.00 bits per heavy atom. The summed E-state index contributed by atoms with van der Waals surface area (Å²) in [4.78, 5) is 0. The lowest BCUT2D eigenvalue weighted by Crippen LogP contribution is -2.24. The van der Waals surface area contributed by atoms with Gasteiger partial charge in [-0.15, -0.1) is 0 Å². The molecule has 0 aliphatic carbocycles. The zero-order valence-corrected chi connectivity index (χ0v) is 8.74. The van der Waals surface area contributed by atoms with Crippen LogP contribution in [0, 0.1) is 10.4 Å². The lowest BCUT2D eigenvalue weighted by molar-refractivity contribution is -0.605. The predicted octanol–water partition coefficient (Wildman–Crippen LogP) is 0.739. The molecular formula is C12H12N2O2. The number of hydrogen-bond acceptors (Lipinski definition) is 2. The van der Waals surface area contributed by atoms with Crippen molar-refractivity contribution < 1.29 is 9.46 Å². The van der Waals surface area contributed by atoms with Crippen LogP contribution in [-0.4, -0.2) is 0 Å². The molecule has 16 heavy (non-hydrogen) atoms. The Morgan fingerprint density at radius 3 is 1.31 bits per heavy atom. The Bertz CT molecular complexity index is 406. The molecule has 0 radical (unpaired) electrons. The van der Waals surface area contributed by atoms with E-state index in [1.165, 1.54) is 24.8 Å². The van der Waals surface area contributed by atoms with Crippen molar-refractivity contribution in [3.05, 3.63) is 70.6 Å². The van der Waals surface area contributed by atoms with Crippen LogP contribution in [0.5, 0.6) is 0 Å². The second-order valence-electron chi connectivity index (χ2n) is 3.63. The van der Waals surface area contributed by atoms with E-state index in [4.69, 9.17) is 0 Å². The fourth-order valence-electron chi connectivity index (χ4n) is 1.51. The summed E-state index contributed by atoms with van der Waals surface area (Å²) in [6.45, 7) is 0. The normalized spacial score (nSPS) is 10.2. The first-order valence-electron chi connectivity index (χ1n) is 5.09. The Morgan fingerprint density at radius 1 is 0.688 bits per heavy atom. The molecule has 2 rings (SSSR count). The van der Waals surface area contributed by atoms with Crippen LogP contribution < -0.4 is 9.46 Å². The molecule has 2 aromatic rings. The number of nitrogens with zero attached hydrogens (tertiary/aromatic N) is 2. The summed E-state index contributed by atoms with van der Waals surface area (Å²) in [5.41, 5.74) is 2.23. The van der Waals surface area contributed by atoms with Crippen LogP contribution in [0.15, 0.2) is 49.1 Å². The van der Waals surface area contributed by atoms with Gasteiger partial charge in [0.05, 0.1) is 0 Å². The first-order valence-corrected chi connectivity index (χ1v) is 5.09. The Kier molecular flexibility index (Phi) is 3.00. The minimum atomic E-state index is 0.770. The first-order chi connectivity index (χ1) is 7.74. The van der Waals surface area contributed by atoms with Gasteiger partial charge in [0, 0.05) is 24.3 Å². The van der Waals surface area contributed by atoms with E-state index >= 15 is 0 Å². The zero-order valence-electron chi connectivity index (χ0n) is 8.74. The summed E-state index contributed by atoms with van der Waals surface area (Å²) >= 11 is 0. The van der Waals surface area contributed by atoms with Crippen molar-refractivity contribution in [2.45, 2.75) is 12.8 Å². The molecule has 0 spiro atoms. The molecule has 0 fully saturated rings. The summed E-state index contributed by atoms with van der Waals surface area (Å²) in [6.07, 6.45) is 7.70. The summed E-state index contributed by atoms with van der Waals surface area (Å²) in [6, 6.07) is 7.24. The second-order valence-corrected chi connectivity index (χ2v) is 3.63. The van der Waals surface area contributed by atoms with E-state index in [-0.39, 0.29) is 0 Å². The molecule has 0 aliphatic heterocycles. The number of aryl methyl sites for hydroxylation is 2. The van der Waals surface area contributed by atoms with Crippen LogP contribution >= 0.6 is 0 Å². The summed E-state index contributed by atoms with van der Waals surface area (Å²) in [7, 11) is 0. The van der Waals surface area contributed by atoms with E-state index in [1.54, 1.807) is 0 Å². The quantitative estimate of drug-likeness (QED) is 0.561. The smallest absolute Gasteiger partial charge is 0.180 e. The van der Waals surface area contributed by atoms with Gasteiger partial charge in [-0.2, -0.15) is 9.46 Å². The van der Waals surface area contributed by atoms with Crippen molar-refractivity contribution in [3.8, 4) is 0 Å². The van der Waals surface area contributed by atoms with E-state index in [1.807, 2.05) is 24.3 Å². The molecule has 0 saturated heterocycles. The number of rotatable bonds is 3. The van der Waals surface area contributed by atoms with Crippen LogP contribution in [0.3, 0.4) is 0 Å². The molecule has 82 valence electrons. The van der Waals surface area contributed by atoms with Gasteiger partial charge in [0.1, 0.15) is 0 Å². The number of pyridine rings is 2. The highest BCUT2D eigenvalue weighted by atomic mass is 16.5. The molecule has 0 bridgehead atoms. The van der Waals surface area contributed by atoms with Gasteiger partial charge in [0.25, 0.3) is 0 Å². The summed E-state index contributed by atoms with van der Waals surface area (Å²) in [5.74, 6) is 0. The van der Waals surface area contributed by atoms with Crippen molar-refractivity contribution in [2.75, 3.05) is 0 Å². The lowest BCUT2D eigenvalue weighted by Gasteiger charge is -2.02. The molecule has 0 N–H and O–H groups in total. The summed E-state index contributed by atoms with van der Waals surface area (Å²) < 4.78 is 1.54. The first kappa shape index (κ1) is 10.4. The monoisotopic (exact) mass is 216 g/mol. The van der Waals surface area contributed by atoms with Gasteiger partial charge in [-0.3, -0.25) is 0 Å². The molecule has 4 nitrogen and oxygen atoms in total. The number of aromatic nitrogens is 2. The molecule has 4 heteroatoms. The topological polar surface area (TPSA) is 53.9 Å². The maximum absolute atomic E-state index is 10.8. The van der Waals surface area contributed by atoms with Crippen LogP contribution in [-0.2, 0) is 12.8 Å². The Hall–Kier alpha value is -2.10. The fourth-order valence-corrected chi connectivity index (χ4v) is 1.51. The van der Waals surface area contributed by atoms with Crippen molar-refractivity contribution >= 4 is 0 Å². The maximum Gasteiger partial charge on any atom is 0.180 e. The molecule has 2 heterocycles. The zero-order chi connectivity index (χ0) is 11.4. The van der Waals surface area contributed by atoms with E-state index in [9.17, 15) is 10.4 Å². The molecule has 0 amide bonds. The van der Waals surface area contributed by atoms with Gasteiger partial charge < -0.3 is 10.4 Å². The van der Waals surface area contributed by atoms with E-state index in [2.05, 4.69) is 0 Å². The minimum absolute atomic E-state index is 0.770. The molecule has 0 atom stereocenters. The van der Waals surface area contributed by atoms with E-state index in [0.717, 1.165) is 33.4 Å². The minimum Gasteiger partial charge on any atom is -0.619 e. The third-order valence-corrected chi connectivity index (χ3v) is 2.44. The average molecular weight is 216 g/mol. The SMILES string of the molecule is [O-][n+]1ccc(CCc2cc[n+]([O-])cc2)cc1. The standard InChI is InChI=1S/C12H12N2O2/c15-13-7-3-11(4-8-13)1-2-12-5-9-14(16)10-6-12/h3-10H,1-2H2. The van der Waals surface area contributed by atoms with Crippen LogP contribution in [0.25, 0.3) is 0 Å². The highest BCUT2D eigenvalue weighted by Crippen LogP contribution is 2.04. The van der Waals surface area contributed by atoms with E-state index < -0.39 is 0 Å². The molecule has 2 aromatic heterocycles. The van der Waals surface area contributed by atoms with Crippen molar-refractivity contribution in [2.24, 2.45) is 0 Å². The highest BCUT2D eigenvalue weighted by Gasteiger charge is 1.98. The predicted molar refractivity (Wildman–Crippen MR) is 58.2 cm³/mol. The molecule has 0 aliphatic rings. The van der Waals surface area contributed by atoms with Crippen LogP contribution in [0.4, 0.5) is 0 Å². The molecule has 0 aromatic carbocycles. The second kappa shape index (κ2) is 4.61. The Balaban J connectivity index is 1.97. The highest BCUT2D eigenvalue weighted by molar-refractivity contribution is 5.13. The molecular weight excluding hydrogens is 204 g/mol. The van der Waals surface area contributed by atoms with Gasteiger partial charge in [-0.05, 0) is 24.0 Å². The summed E-state index contributed by atoms with van der Waals surface area (Å²) in [5, 5.41) is 21.6. The van der Waals surface area contributed by atoms with E-state index in [0.29, 0.717) is 0 Å². The Labute approximate surface area is 93.6 Å². The van der Waals surface area contributed by atoms with Crippen molar-refractivity contribution in [1.29, 1.82) is 0 Å². The average Bonchev–Trinajstić information content (AvgIpc) is 2.30. The third kappa shape index (κ3) is 2.70. The maximum atomic E-state index is 10.8. The van der Waals surface area contributed by atoms with Crippen molar-refractivity contribution in [3.63, 3.8) is 0 Å². The fraction of sp³-hybridized carbons (Fsp3) is 0.167. The van der Waals surface area contributed by atoms with Gasteiger partial charge in [-0.25, -0.2) is 0 Å². The largest absolute Gasteiger partial charge is 0.619 e. The lowest BCUT2D eigenvalue weighted by atomic mass is 10.1. The van der Waals surface area contributed by atoms with Gasteiger partial charge in [-0.1, -0.05) is 0 Å². The van der Waals surface area contributed by atoms with Crippen molar-refractivity contribution in [1.82, 2.24) is 0 Å². The van der Waals surface area contributed by atoms with Gasteiger partial charge in [0.2, 0.25) is 0 Å².